The summed E-state index contributed by atoms with van der Waals surface area (Å²) in [6.45, 7) is 3.57. The lowest BCUT2D eigenvalue weighted by Crippen LogP contribution is -2.34. The summed E-state index contributed by atoms with van der Waals surface area (Å²) < 4.78 is 5.56. The van der Waals surface area contributed by atoms with Crippen LogP contribution in [0.15, 0.2) is 47.6 Å². The second-order valence-corrected chi connectivity index (χ2v) is 6.51. The van der Waals surface area contributed by atoms with Gasteiger partial charge in [-0.1, -0.05) is 53.9 Å². The molecule has 2 aromatic rings. The van der Waals surface area contributed by atoms with Crippen LogP contribution >= 0.6 is 34.8 Å². The molecule has 0 fully saturated rings. The minimum atomic E-state index is -0.772. The van der Waals surface area contributed by atoms with Gasteiger partial charge in [-0.05, 0) is 49.2 Å². The van der Waals surface area contributed by atoms with Crippen molar-refractivity contribution in [3.05, 3.63) is 63.1 Å². The maximum Gasteiger partial charge on any atom is 0.280 e. The first-order valence-corrected chi connectivity index (χ1v) is 8.78. The SMILES string of the molecule is CC/C(=N\NC(=O)C(C)Oc1ccc(Cl)cc1Cl)c1ccc(Cl)cc1. The van der Waals surface area contributed by atoms with Crippen molar-refractivity contribution in [1.82, 2.24) is 5.43 Å². The van der Waals surface area contributed by atoms with Gasteiger partial charge in [0.1, 0.15) is 5.75 Å². The van der Waals surface area contributed by atoms with Crippen LogP contribution in [0, 0.1) is 0 Å². The van der Waals surface area contributed by atoms with Gasteiger partial charge in [0.15, 0.2) is 6.10 Å². The number of nitrogens with zero attached hydrogens (tertiary/aromatic N) is 1. The Morgan fingerprint density at radius 1 is 1.12 bits per heavy atom. The van der Waals surface area contributed by atoms with E-state index in [1.807, 2.05) is 19.1 Å². The van der Waals surface area contributed by atoms with Crippen molar-refractivity contribution in [1.29, 1.82) is 0 Å². The molecule has 0 aromatic heterocycles. The average Bonchev–Trinajstić information content (AvgIpc) is 2.59. The molecular formula is C18H17Cl3N2O2. The van der Waals surface area contributed by atoms with E-state index in [1.165, 1.54) is 0 Å². The number of hydrogen-bond donors (Lipinski definition) is 1. The van der Waals surface area contributed by atoms with E-state index in [0.717, 1.165) is 11.3 Å². The van der Waals surface area contributed by atoms with Crippen LogP contribution in [0.4, 0.5) is 0 Å². The highest BCUT2D eigenvalue weighted by atomic mass is 35.5. The first-order valence-electron chi connectivity index (χ1n) is 7.64. The zero-order chi connectivity index (χ0) is 18.4. The molecule has 1 atom stereocenters. The third-order valence-electron chi connectivity index (χ3n) is 3.38. The number of nitrogens with one attached hydrogen (secondary N) is 1. The van der Waals surface area contributed by atoms with Crippen LogP contribution < -0.4 is 10.2 Å². The fraction of sp³-hybridized carbons (Fsp3) is 0.222. The Hall–Kier alpha value is -1.75. The quantitative estimate of drug-likeness (QED) is 0.526. The van der Waals surface area contributed by atoms with Crippen LogP contribution in [0.25, 0.3) is 0 Å². The molecule has 4 nitrogen and oxygen atoms in total. The lowest BCUT2D eigenvalue weighted by atomic mass is 10.1. The van der Waals surface area contributed by atoms with Crippen molar-refractivity contribution in [3.63, 3.8) is 0 Å². The average molecular weight is 400 g/mol. The van der Waals surface area contributed by atoms with E-state index < -0.39 is 6.10 Å². The highest BCUT2D eigenvalue weighted by Gasteiger charge is 2.16. The molecule has 7 heteroatoms. The Morgan fingerprint density at radius 3 is 2.36 bits per heavy atom. The number of carbonyl (C=O) groups excluding carboxylic acids is 1. The molecule has 1 N–H and O–H groups in total. The summed E-state index contributed by atoms with van der Waals surface area (Å²) in [4.78, 5) is 12.2. The molecule has 0 spiro atoms. The summed E-state index contributed by atoms with van der Waals surface area (Å²) in [5.74, 6) is -0.00274. The first kappa shape index (κ1) is 19.6. The highest BCUT2D eigenvalue weighted by molar-refractivity contribution is 6.35. The van der Waals surface area contributed by atoms with Crippen LogP contribution in [-0.4, -0.2) is 17.7 Å². The van der Waals surface area contributed by atoms with Crippen molar-refractivity contribution in [2.45, 2.75) is 26.4 Å². The molecular weight excluding hydrogens is 383 g/mol. The molecule has 0 aliphatic heterocycles. The molecule has 0 saturated carbocycles. The highest BCUT2D eigenvalue weighted by Crippen LogP contribution is 2.28. The van der Waals surface area contributed by atoms with E-state index in [4.69, 9.17) is 39.5 Å². The smallest absolute Gasteiger partial charge is 0.280 e. The lowest BCUT2D eigenvalue weighted by molar-refractivity contribution is -0.127. The molecule has 0 heterocycles. The predicted octanol–water partition coefficient (Wildman–Crippen LogP) is 5.34. The Morgan fingerprint density at radius 2 is 1.76 bits per heavy atom. The maximum absolute atomic E-state index is 12.2. The van der Waals surface area contributed by atoms with Gasteiger partial charge in [-0.15, -0.1) is 0 Å². The van der Waals surface area contributed by atoms with Crippen molar-refractivity contribution in [2.24, 2.45) is 5.10 Å². The van der Waals surface area contributed by atoms with Crippen LogP contribution in [0.1, 0.15) is 25.8 Å². The molecule has 1 unspecified atom stereocenters. The fourth-order valence-corrected chi connectivity index (χ4v) is 2.60. The van der Waals surface area contributed by atoms with Gasteiger partial charge in [-0.2, -0.15) is 5.10 Å². The van der Waals surface area contributed by atoms with Gasteiger partial charge in [-0.25, -0.2) is 5.43 Å². The number of ether oxygens (including phenoxy) is 1. The summed E-state index contributed by atoms with van der Waals surface area (Å²) in [5.41, 5.74) is 4.15. The summed E-state index contributed by atoms with van der Waals surface area (Å²) in [6, 6.07) is 12.1. The molecule has 0 bridgehead atoms. The second-order valence-electron chi connectivity index (χ2n) is 5.23. The van der Waals surface area contributed by atoms with Crippen molar-refractivity contribution >= 4 is 46.4 Å². The summed E-state index contributed by atoms with van der Waals surface area (Å²) in [6.07, 6.45) is -0.120. The minimum Gasteiger partial charge on any atom is -0.479 e. The number of benzene rings is 2. The third kappa shape index (κ3) is 5.63. The van der Waals surface area contributed by atoms with Crippen molar-refractivity contribution in [2.75, 3.05) is 0 Å². The molecule has 0 saturated heterocycles. The monoisotopic (exact) mass is 398 g/mol. The van der Waals surface area contributed by atoms with Gasteiger partial charge in [-0.3, -0.25) is 4.79 Å². The first-order chi connectivity index (χ1) is 11.9. The topological polar surface area (TPSA) is 50.7 Å². The fourth-order valence-electron chi connectivity index (χ4n) is 2.02. The van der Waals surface area contributed by atoms with Crippen LogP contribution in [0.2, 0.25) is 15.1 Å². The Labute approximate surface area is 161 Å². The number of halogens is 3. The van der Waals surface area contributed by atoms with Gasteiger partial charge in [0.25, 0.3) is 5.91 Å². The minimum absolute atomic E-state index is 0.339. The Balaban J connectivity index is 2.03. The number of hydrazone groups is 1. The summed E-state index contributed by atoms with van der Waals surface area (Å²) >= 11 is 17.8. The standard InChI is InChI=1S/C18H17Cl3N2O2/c1-3-16(12-4-6-13(19)7-5-12)22-23-18(24)11(2)25-17-9-8-14(20)10-15(17)21/h4-11H,3H2,1-2H3,(H,23,24)/b22-16+. The summed E-state index contributed by atoms with van der Waals surface area (Å²) in [5, 5.41) is 5.66. The van der Waals surface area contributed by atoms with Gasteiger partial charge in [0.05, 0.1) is 10.7 Å². The van der Waals surface area contributed by atoms with Gasteiger partial charge in [0, 0.05) is 10.0 Å². The number of carbonyl (C=O) groups is 1. The second kappa shape index (κ2) is 9.09. The Bertz CT molecular complexity index is 776. The van der Waals surface area contributed by atoms with Gasteiger partial charge >= 0.3 is 0 Å². The number of amides is 1. The van der Waals surface area contributed by atoms with E-state index in [0.29, 0.717) is 27.2 Å². The number of rotatable bonds is 6. The van der Waals surface area contributed by atoms with Crippen molar-refractivity contribution < 1.29 is 9.53 Å². The molecule has 0 radical (unpaired) electrons. The van der Waals surface area contributed by atoms with Crippen LogP contribution in [-0.2, 0) is 4.79 Å². The zero-order valence-corrected chi connectivity index (χ0v) is 16.0. The molecule has 2 aromatic carbocycles. The largest absolute Gasteiger partial charge is 0.479 e. The molecule has 0 aliphatic carbocycles. The molecule has 1 amide bonds. The Kier molecular flexibility index (Phi) is 7.12. The number of hydrogen-bond acceptors (Lipinski definition) is 3. The van der Waals surface area contributed by atoms with Gasteiger partial charge < -0.3 is 4.74 Å². The lowest BCUT2D eigenvalue weighted by Gasteiger charge is -2.14. The molecule has 132 valence electrons. The van der Waals surface area contributed by atoms with Crippen LogP contribution in [0.5, 0.6) is 5.75 Å². The zero-order valence-electron chi connectivity index (χ0n) is 13.7. The molecule has 2 rings (SSSR count). The predicted molar refractivity (Wildman–Crippen MR) is 103 cm³/mol. The third-order valence-corrected chi connectivity index (χ3v) is 4.16. The van der Waals surface area contributed by atoms with E-state index in [9.17, 15) is 4.79 Å². The van der Waals surface area contributed by atoms with Gasteiger partial charge in [0.2, 0.25) is 0 Å². The van der Waals surface area contributed by atoms with E-state index in [1.54, 1.807) is 37.3 Å². The summed E-state index contributed by atoms with van der Waals surface area (Å²) in [7, 11) is 0. The van der Waals surface area contributed by atoms with E-state index in [2.05, 4.69) is 10.5 Å². The molecule has 25 heavy (non-hydrogen) atoms. The van der Waals surface area contributed by atoms with E-state index in [-0.39, 0.29) is 5.91 Å². The van der Waals surface area contributed by atoms with Crippen LogP contribution in [0.3, 0.4) is 0 Å². The maximum atomic E-state index is 12.2. The van der Waals surface area contributed by atoms with Crippen molar-refractivity contribution in [3.8, 4) is 5.75 Å². The normalized spacial score (nSPS) is 12.6. The van der Waals surface area contributed by atoms with E-state index >= 15 is 0 Å². The molecule has 0 aliphatic rings.